The van der Waals surface area contributed by atoms with Gasteiger partial charge in [-0.15, -0.1) is 11.3 Å². The number of benzene rings is 2. The Bertz CT molecular complexity index is 1620. The number of carbonyl (C=O) groups excluding carboxylic acids is 1. The number of ether oxygens (including phenoxy) is 1. The van der Waals surface area contributed by atoms with E-state index in [4.69, 9.17) is 4.74 Å². The molecular formula is C25H23N3O5S2. The molecule has 0 atom stereocenters. The number of rotatable bonds is 5. The van der Waals surface area contributed by atoms with E-state index in [9.17, 15) is 18.0 Å². The standard InChI is InChI=1S/C25H23N3O5S2/c1-15-16(2)34-24-22(15)23(29)26-21(27-24)14-33-25(30)18-8-5-10-19(13-18)35(31,32)28-12-6-9-17-7-3-4-11-20(17)28/h3-5,7-8,10-11,13H,6,9,12,14H2,1-2H3,(H,26,27,29). The van der Waals surface area contributed by atoms with Crippen LogP contribution in [-0.2, 0) is 27.8 Å². The molecule has 0 bridgehead atoms. The SMILES string of the molecule is Cc1sc2nc(COC(=O)c3cccc(S(=O)(=O)N4CCCc5ccccc54)c3)[nH]c(=O)c2c1C. The number of aryl methyl sites for hydroxylation is 3. The highest BCUT2D eigenvalue weighted by Gasteiger charge is 2.29. The van der Waals surface area contributed by atoms with Crippen LogP contribution in [-0.4, -0.2) is 30.9 Å². The first-order valence-corrected chi connectivity index (χ1v) is 13.4. The number of sulfonamides is 1. The van der Waals surface area contributed by atoms with E-state index >= 15 is 0 Å². The molecule has 180 valence electrons. The zero-order valence-corrected chi connectivity index (χ0v) is 20.8. The van der Waals surface area contributed by atoms with Crippen molar-refractivity contribution in [3.8, 4) is 0 Å². The second-order valence-electron chi connectivity index (χ2n) is 8.39. The second-order valence-corrected chi connectivity index (χ2v) is 11.5. The van der Waals surface area contributed by atoms with Crippen LogP contribution in [0.25, 0.3) is 10.2 Å². The van der Waals surface area contributed by atoms with E-state index in [0.717, 1.165) is 28.8 Å². The number of esters is 1. The average Bonchev–Trinajstić information content (AvgIpc) is 3.15. The van der Waals surface area contributed by atoms with Gasteiger partial charge in [0.25, 0.3) is 15.6 Å². The Kier molecular flexibility index (Phi) is 5.94. The molecule has 4 aromatic rings. The molecule has 1 aliphatic heterocycles. The highest BCUT2D eigenvalue weighted by molar-refractivity contribution is 7.92. The number of carbonyl (C=O) groups is 1. The predicted octanol–water partition coefficient (Wildman–Crippen LogP) is 4.10. The van der Waals surface area contributed by atoms with E-state index in [0.29, 0.717) is 22.4 Å². The van der Waals surface area contributed by atoms with Gasteiger partial charge < -0.3 is 9.72 Å². The molecule has 0 saturated heterocycles. The van der Waals surface area contributed by atoms with Gasteiger partial charge in [-0.3, -0.25) is 9.10 Å². The van der Waals surface area contributed by atoms with Gasteiger partial charge in [0.15, 0.2) is 0 Å². The van der Waals surface area contributed by atoms with E-state index in [1.54, 1.807) is 6.07 Å². The maximum absolute atomic E-state index is 13.4. The lowest BCUT2D eigenvalue weighted by molar-refractivity contribution is 0.0462. The van der Waals surface area contributed by atoms with Gasteiger partial charge in [0, 0.05) is 11.4 Å². The lowest BCUT2D eigenvalue weighted by Crippen LogP contribution is -2.35. The number of nitrogens with zero attached hydrogens (tertiary/aromatic N) is 2. The molecule has 1 aliphatic rings. The van der Waals surface area contributed by atoms with Crippen LogP contribution in [0.1, 0.15) is 38.6 Å². The molecular weight excluding hydrogens is 486 g/mol. The molecule has 5 rings (SSSR count). The Hall–Kier alpha value is -3.50. The van der Waals surface area contributed by atoms with Crippen molar-refractivity contribution in [2.75, 3.05) is 10.8 Å². The molecule has 0 radical (unpaired) electrons. The van der Waals surface area contributed by atoms with Crippen molar-refractivity contribution >= 4 is 43.2 Å². The molecule has 0 fully saturated rings. The summed E-state index contributed by atoms with van der Waals surface area (Å²) in [6.45, 7) is 3.92. The first-order chi connectivity index (χ1) is 16.8. The Morgan fingerprint density at radius 1 is 1.17 bits per heavy atom. The van der Waals surface area contributed by atoms with E-state index in [1.807, 2.05) is 32.0 Å². The Morgan fingerprint density at radius 3 is 2.80 bits per heavy atom. The Morgan fingerprint density at radius 2 is 1.97 bits per heavy atom. The number of para-hydroxylation sites is 1. The van der Waals surface area contributed by atoms with Crippen LogP contribution in [0.3, 0.4) is 0 Å². The molecule has 0 saturated carbocycles. The topological polar surface area (TPSA) is 109 Å². The fraction of sp³-hybridized carbons (Fsp3) is 0.240. The van der Waals surface area contributed by atoms with Gasteiger partial charge in [-0.05, 0) is 62.1 Å². The summed E-state index contributed by atoms with van der Waals surface area (Å²) in [4.78, 5) is 33.8. The zero-order chi connectivity index (χ0) is 24.7. The second kappa shape index (κ2) is 8.94. The van der Waals surface area contributed by atoms with Crippen molar-refractivity contribution in [1.29, 1.82) is 0 Å². The molecule has 1 N–H and O–H groups in total. The summed E-state index contributed by atoms with van der Waals surface area (Å²) in [6.07, 6.45) is 1.54. The van der Waals surface area contributed by atoms with E-state index in [1.165, 1.54) is 39.9 Å². The smallest absolute Gasteiger partial charge is 0.338 e. The zero-order valence-electron chi connectivity index (χ0n) is 19.2. The lowest BCUT2D eigenvalue weighted by atomic mass is 10.0. The van der Waals surface area contributed by atoms with Crippen molar-refractivity contribution in [2.24, 2.45) is 0 Å². The van der Waals surface area contributed by atoms with Crippen LogP contribution in [0.15, 0.2) is 58.2 Å². The van der Waals surface area contributed by atoms with Gasteiger partial charge in [0.05, 0.1) is 21.5 Å². The number of nitrogens with one attached hydrogen (secondary N) is 1. The van der Waals surface area contributed by atoms with Gasteiger partial charge in [-0.2, -0.15) is 0 Å². The van der Waals surface area contributed by atoms with Crippen molar-refractivity contribution in [3.63, 3.8) is 0 Å². The number of aromatic amines is 1. The average molecular weight is 510 g/mol. The van der Waals surface area contributed by atoms with E-state index < -0.39 is 16.0 Å². The molecule has 3 heterocycles. The van der Waals surface area contributed by atoms with Crippen LogP contribution in [0.4, 0.5) is 5.69 Å². The van der Waals surface area contributed by atoms with Crippen LogP contribution in [0.2, 0.25) is 0 Å². The summed E-state index contributed by atoms with van der Waals surface area (Å²) < 4.78 is 33.6. The van der Waals surface area contributed by atoms with E-state index in [-0.39, 0.29) is 28.4 Å². The minimum absolute atomic E-state index is 0.0149. The highest BCUT2D eigenvalue weighted by atomic mass is 32.2. The molecule has 0 amide bonds. The first kappa shape index (κ1) is 23.3. The molecule has 0 unspecified atom stereocenters. The number of aromatic nitrogens is 2. The molecule has 0 aliphatic carbocycles. The first-order valence-electron chi connectivity index (χ1n) is 11.1. The van der Waals surface area contributed by atoms with Crippen LogP contribution < -0.4 is 9.86 Å². The normalized spacial score (nSPS) is 13.6. The summed E-state index contributed by atoms with van der Waals surface area (Å²) in [5.74, 6) is -0.479. The van der Waals surface area contributed by atoms with Gasteiger partial charge in [0.2, 0.25) is 0 Å². The molecule has 10 heteroatoms. The monoisotopic (exact) mass is 509 g/mol. The van der Waals surface area contributed by atoms with Crippen LogP contribution in [0, 0.1) is 13.8 Å². The third-order valence-corrected chi connectivity index (χ3v) is 9.06. The van der Waals surface area contributed by atoms with Crippen molar-refractivity contribution in [2.45, 2.75) is 38.2 Å². The van der Waals surface area contributed by atoms with Gasteiger partial charge in [-0.1, -0.05) is 24.3 Å². The van der Waals surface area contributed by atoms with E-state index in [2.05, 4.69) is 9.97 Å². The minimum Gasteiger partial charge on any atom is -0.454 e. The summed E-state index contributed by atoms with van der Waals surface area (Å²) in [5.41, 5.74) is 2.35. The molecule has 8 nitrogen and oxygen atoms in total. The molecule has 2 aromatic heterocycles. The van der Waals surface area contributed by atoms with Gasteiger partial charge >= 0.3 is 5.97 Å². The number of hydrogen-bond acceptors (Lipinski definition) is 7. The third-order valence-electron chi connectivity index (χ3n) is 6.15. The van der Waals surface area contributed by atoms with Gasteiger partial charge in [0.1, 0.15) is 17.3 Å². The van der Waals surface area contributed by atoms with Crippen molar-refractivity contribution in [1.82, 2.24) is 9.97 Å². The van der Waals surface area contributed by atoms with Crippen LogP contribution >= 0.6 is 11.3 Å². The van der Waals surface area contributed by atoms with Crippen molar-refractivity contribution < 1.29 is 17.9 Å². The summed E-state index contributed by atoms with van der Waals surface area (Å²) in [5, 5.41) is 0.541. The summed E-state index contributed by atoms with van der Waals surface area (Å²) in [6, 6.07) is 13.2. The van der Waals surface area contributed by atoms with Gasteiger partial charge in [-0.25, -0.2) is 18.2 Å². The molecule has 2 aromatic carbocycles. The number of anilines is 1. The maximum Gasteiger partial charge on any atom is 0.338 e. The minimum atomic E-state index is -3.86. The number of hydrogen-bond donors (Lipinski definition) is 1. The number of fused-ring (bicyclic) bond motifs is 2. The molecule has 35 heavy (non-hydrogen) atoms. The predicted molar refractivity (Wildman–Crippen MR) is 135 cm³/mol. The summed E-state index contributed by atoms with van der Waals surface area (Å²) in [7, 11) is -3.86. The number of H-pyrrole nitrogens is 1. The lowest BCUT2D eigenvalue weighted by Gasteiger charge is -2.30. The highest BCUT2D eigenvalue weighted by Crippen LogP contribution is 2.32. The Labute approximate surface area is 206 Å². The fourth-order valence-corrected chi connectivity index (χ4v) is 6.88. The quantitative estimate of drug-likeness (QED) is 0.406. The van der Waals surface area contributed by atoms with Crippen LogP contribution in [0.5, 0.6) is 0 Å². The number of thiophene rings is 1. The summed E-state index contributed by atoms with van der Waals surface area (Å²) >= 11 is 1.41. The fourth-order valence-electron chi connectivity index (χ4n) is 4.24. The van der Waals surface area contributed by atoms with Crippen molar-refractivity contribution in [3.05, 3.63) is 86.3 Å². The molecule has 0 spiro atoms. The Balaban J connectivity index is 1.37. The third kappa shape index (κ3) is 4.23. The largest absolute Gasteiger partial charge is 0.454 e. The maximum atomic E-state index is 13.4.